The Labute approximate surface area is 123 Å². The molecule has 6 heteroatoms. The lowest BCUT2D eigenvalue weighted by Gasteiger charge is -2.08. The molecule has 1 aromatic heterocycles. The Morgan fingerprint density at radius 3 is 2.65 bits per heavy atom. The topological polar surface area (TPSA) is 51.1 Å². The summed E-state index contributed by atoms with van der Waals surface area (Å²) in [4.78, 5) is 23.7. The summed E-state index contributed by atoms with van der Waals surface area (Å²) >= 11 is 3.15. The van der Waals surface area contributed by atoms with E-state index in [1.807, 2.05) is 6.92 Å². The highest BCUT2D eigenvalue weighted by Crippen LogP contribution is 2.09. The van der Waals surface area contributed by atoms with Crippen molar-refractivity contribution in [2.24, 2.45) is 0 Å². The summed E-state index contributed by atoms with van der Waals surface area (Å²) in [6.45, 7) is 1.73. The van der Waals surface area contributed by atoms with Crippen LogP contribution in [0.15, 0.2) is 45.8 Å². The van der Waals surface area contributed by atoms with Crippen molar-refractivity contribution in [1.82, 2.24) is 4.57 Å². The predicted molar refractivity (Wildman–Crippen MR) is 78.2 cm³/mol. The Bertz CT molecular complexity index is 695. The summed E-state index contributed by atoms with van der Waals surface area (Å²) in [5.41, 5.74) is 1.08. The molecule has 1 N–H and O–H groups in total. The van der Waals surface area contributed by atoms with Crippen LogP contribution in [0.25, 0.3) is 0 Å². The monoisotopic (exact) mass is 338 g/mol. The second-order valence-electron chi connectivity index (χ2n) is 4.35. The maximum Gasteiger partial charge on any atom is 0.265 e. The molecule has 0 spiro atoms. The highest BCUT2D eigenvalue weighted by atomic mass is 79.9. The first-order valence-corrected chi connectivity index (χ1v) is 6.67. The highest BCUT2D eigenvalue weighted by Gasteiger charge is 2.08. The minimum absolute atomic E-state index is 0.101. The maximum atomic E-state index is 12.7. The second kappa shape index (κ2) is 6.00. The molecule has 0 aliphatic rings. The zero-order chi connectivity index (χ0) is 14.7. The Morgan fingerprint density at radius 1 is 1.35 bits per heavy atom. The number of carbonyl (C=O) groups is 1. The molecule has 2 rings (SSSR count). The maximum absolute atomic E-state index is 12.7. The van der Waals surface area contributed by atoms with Crippen LogP contribution in [0, 0.1) is 12.7 Å². The van der Waals surface area contributed by atoms with E-state index in [4.69, 9.17) is 0 Å². The Balaban J connectivity index is 2.12. The number of aromatic nitrogens is 1. The van der Waals surface area contributed by atoms with Crippen molar-refractivity contribution in [3.63, 3.8) is 0 Å². The molecular formula is C14H12BrFN2O2. The summed E-state index contributed by atoms with van der Waals surface area (Å²) in [6, 6.07) is 7.12. The quantitative estimate of drug-likeness (QED) is 0.935. The van der Waals surface area contributed by atoms with Gasteiger partial charge in [0, 0.05) is 11.9 Å². The van der Waals surface area contributed by atoms with E-state index in [0.29, 0.717) is 10.2 Å². The lowest BCUT2D eigenvalue weighted by Crippen LogP contribution is -2.27. The van der Waals surface area contributed by atoms with Crippen molar-refractivity contribution < 1.29 is 9.18 Å². The minimum Gasteiger partial charge on any atom is -0.325 e. The van der Waals surface area contributed by atoms with Crippen LogP contribution in [0.5, 0.6) is 0 Å². The summed E-state index contributed by atoms with van der Waals surface area (Å²) in [6.07, 6.45) is 1.61. The molecule has 0 atom stereocenters. The van der Waals surface area contributed by atoms with Gasteiger partial charge in [-0.05, 0) is 58.7 Å². The van der Waals surface area contributed by atoms with Crippen LogP contribution in [0.3, 0.4) is 0 Å². The fourth-order valence-corrected chi connectivity index (χ4v) is 2.34. The standard InChI is InChI=1S/C14H12BrFN2O2/c1-9-6-12(15)14(20)18(7-9)8-13(19)17-11-4-2-10(16)3-5-11/h2-7H,8H2,1H3,(H,17,19). The number of hydrogen-bond donors (Lipinski definition) is 1. The smallest absolute Gasteiger partial charge is 0.265 e. The normalized spacial score (nSPS) is 10.3. The number of nitrogens with one attached hydrogen (secondary N) is 1. The average Bonchev–Trinajstić information content (AvgIpc) is 2.38. The number of carbonyl (C=O) groups excluding carboxylic acids is 1. The number of rotatable bonds is 3. The van der Waals surface area contributed by atoms with Crippen LogP contribution in [0.4, 0.5) is 10.1 Å². The van der Waals surface area contributed by atoms with E-state index >= 15 is 0 Å². The first-order chi connectivity index (χ1) is 9.45. The molecule has 0 saturated heterocycles. The number of hydrogen-bond acceptors (Lipinski definition) is 2. The number of nitrogens with zero attached hydrogens (tertiary/aromatic N) is 1. The van der Waals surface area contributed by atoms with E-state index in [1.165, 1.54) is 28.8 Å². The fraction of sp³-hybridized carbons (Fsp3) is 0.143. The SMILES string of the molecule is Cc1cc(Br)c(=O)n(CC(=O)Nc2ccc(F)cc2)c1. The molecule has 0 aliphatic carbocycles. The zero-order valence-corrected chi connectivity index (χ0v) is 12.3. The summed E-state index contributed by atoms with van der Waals surface area (Å²) in [5, 5.41) is 2.60. The number of benzene rings is 1. The van der Waals surface area contributed by atoms with E-state index in [1.54, 1.807) is 12.3 Å². The molecule has 0 bridgehead atoms. The molecule has 0 saturated carbocycles. The average molecular weight is 339 g/mol. The Hall–Kier alpha value is -1.95. The van der Waals surface area contributed by atoms with E-state index in [0.717, 1.165) is 5.56 Å². The van der Waals surface area contributed by atoms with Crippen LogP contribution in [0.2, 0.25) is 0 Å². The van der Waals surface area contributed by atoms with Gasteiger partial charge in [-0.1, -0.05) is 0 Å². The van der Waals surface area contributed by atoms with Crippen LogP contribution < -0.4 is 10.9 Å². The summed E-state index contributed by atoms with van der Waals surface area (Å²) in [5.74, 6) is -0.724. The minimum atomic E-state index is -0.373. The molecule has 0 radical (unpaired) electrons. The molecule has 2 aromatic rings. The number of amides is 1. The first kappa shape index (κ1) is 14.5. The lowest BCUT2D eigenvalue weighted by molar-refractivity contribution is -0.116. The van der Waals surface area contributed by atoms with Gasteiger partial charge in [-0.3, -0.25) is 9.59 Å². The molecule has 104 valence electrons. The van der Waals surface area contributed by atoms with Gasteiger partial charge >= 0.3 is 0 Å². The van der Waals surface area contributed by atoms with Crippen LogP contribution in [-0.4, -0.2) is 10.5 Å². The van der Waals surface area contributed by atoms with Gasteiger partial charge in [-0.2, -0.15) is 0 Å². The van der Waals surface area contributed by atoms with Gasteiger partial charge in [0.15, 0.2) is 0 Å². The van der Waals surface area contributed by atoms with Gasteiger partial charge in [0.2, 0.25) is 5.91 Å². The molecule has 1 heterocycles. The van der Waals surface area contributed by atoms with Crippen molar-refractivity contribution in [2.75, 3.05) is 5.32 Å². The van der Waals surface area contributed by atoms with Gasteiger partial charge in [0.05, 0.1) is 4.47 Å². The van der Waals surface area contributed by atoms with Gasteiger partial charge in [0.25, 0.3) is 5.56 Å². The van der Waals surface area contributed by atoms with Crippen LogP contribution in [0.1, 0.15) is 5.56 Å². The zero-order valence-electron chi connectivity index (χ0n) is 10.7. The van der Waals surface area contributed by atoms with Gasteiger partial charge < -0.3 is 9.88 Å². The van der Waals surface area contributed by atoms with Crippen molar-refractivity contribution in [2.45, 2.75) is 13.5 Å². The van der Waals surface area contributed by atoms with E-state index in [2.05, 4.69) is 21.2 Å². The predicted octanol–water partition coefficient (Wildman–Crippen LogP) is 2.70. The van der Waals surface area contributed by atoms with Crippen molar-refractivity contribution >= 4 is 27.5 Å². The Morgan fingerprint density at radius 2 is 2.00 bits per heavy atom. The molecule has 0 unspecified atom stereocenters. The van der Waals surface area contributed by atoms with Crippen molar-refractivity contribution in [1.29, 1.82) is 0 Å². The fourth-order valence-electron chi connectivity index (χ4n) is 1.75. The van der Waals surface area contributed by atoms with Crippen molar-refractivity contribution in [3.8, 4) is 0 Å². The highest BCUT2D eigenvalue weighted by molar-refractivity contribution is 9.10. The largest absolute Gasteiger partial charge is 0.325 e. The molecule has 4 nitrogen and oxygen atoms in total. The molecule has 0 aliphatic heterocycles. The Kier molecular flexibility index (Phi) is 4.34. The number of anilines is 1. The summed E-state index contributed by atoms with van der Waals surface area (Å²) in [7, 11) is 0. The van der Waals surface area contributed by atoms with Gasteiger partial charge in [0.1, 0.15) is 12.4 Å². The number of pyridine rings is 1. The van der Waals surface area contributed by atoms with Crippen LogP contribution in [-0.2, 0) is 11.3 Å². The number of aryl methyl sites for hydroxylation is 1. The molecule has 1 amide bonds. The van der Waals surface area contributed by atoms with Gasteiger partial charge in [-0.15, -0.1) is 0 Å². The van der Waals surface area contributed by atoms with E-state index in [9.17, 15) is 14.0 Å². The second-order valence-corrected chi connectivity index (χ2v) is 5.21. The first-order valence-electron chi connectivity index (χ1n) is 5.88. The third kappa shape index (κ3) is 3.54. The molecular weight excluding hydrogens is 327 g/mol. The third-order valence-corrected chi connectivity index (χ3v) is 3.19. The number of halogens is 2. The van der Waals surface area contributed by atoms with E-state index in [-0.39, 0.29) is 23.8 Å². The lowest BCUT2D eigenvalue weighted by atomic mass is 10.3. The third-order valence-electron chi connectivity index (χ3n) is 2.62. The van der Waals surface area contributed by atoms with Crippen molar-refractivity contribution in [3.05, 3.63) is 62.7 Å². The van der Waals surface area contributed by atoms with Crippen LogP contribution >= 0.6 is 15.9 Å². The van der Waals surface area contributed by atoms with E-state index < -0.39 is 0 Å². The van der Waals surface area contributed by atoms with Gasteiger partial charge in [-0.25, -0.2) is 4.39 Å². The molecule has 20 heavy (non-hydrogen) atoms. The molecule has 1 aromatic carbocycles. The summed E-state index contributed by atoms with van der Waals surface area (Å²) < 4.78 is 14.5. The molecule has 0 fully saturated rings.